The summed E-state index contributed by atoms with van der Waals surface area (Å²) in [5.41, 5.74) is 1.76. The normalized spacial score (nSPS) is 10.9. The predicted molar refractivity (Wildman–Crippen MR) is 104 cm³/mol. The van der Waals surface area contributed by atoms with Crippen molar-refractivity contribution in [2.45, 2.75) is 0 Å². The van der Waals surface area contributed by atoms with Gasteiger partial charge in [-0.15, -0.1) is 0 Å². The number of nitrogens with one attached hydrogen (secondary N) is 2. The van der Waals surface area contributed by atoms with Gasteiger partial charge in [-0.3, -0.25) is 0 Å². The quantitative estimate of drug-likeness (QED) is 0.656. The summed E-state index contributed by atoms with van der Waals surface area (Å²) in [5, 5.41) is 6.08. The molecule has 3 aromatic rings. The maximum absolute atomic E-state index is 14.0. The number of halogens is 2. The van der Waals surface area contributed by atoms with E-state index in [2.05, 4.69) is 20.6 Å². The van der Waals surface area contributed by atoms with Crippen LogP contribution in [0.25, 0.3) is 11.3 Å². The highest BCUT2D eigenvalue weighted by Gasteiger charge is 2.10. The number of anilines is 3. The second-order valence-corrected chi connectivity index (χ2v) is 6.31. The third kappa shape index (κ3) is 5.21. The van der Waals surface area contributed by atoms with E-state index in [1.54, 1.807) is 6.07 Å². The van der Waals surface area contributed by atoms with Crippen LogP contribution in [0.1, 0.15) is 0 Å². The fourth-order valence-corrected chi connectivity index (χ4v) is 2.47. The van der Waals surface area contributed by atoms with Gasteiger partial charge in [0.05, 0.1) is 11.4 Å². The topological polar surface area (TPSA) is 53.1 Å². The summed E-state index contributed by atoms with van der Waals surface area (Å²) in [7, 11) is 3.96. The fraction of sp³-hybridized carbons (Fsp3) is 0.200. The summed E-state index contributed by atoms with van der Waals surface area (Å²) in [6.45, 7) is 1.48. The summed E-state index contributed by atoms with van der Waals surface area (Å²) < 4.78 is 27.1. The molecule has 0 bridgehead atoms. The number of aromatic nitrogens is 2. The first-order valence-corrected chi connectivity index (χ1v) is 8.56. The van der Waals surface area contributed by atoms with Crippen LogP contribution in [0.5, 0.6) is 0 Å². The van der Waals surface area contributed by atoms with Crippen molar-refractivity contribution in [3.63, 3.8) is 0 Å². The van der Waals surface area contributed by atoms with Crippen LogP contribution in [-0.4, -0.2) is 42.1 Å². The first kappa shape index (κ1) is 18.7. The lowest BCUT2D eigenvalue weighted by atomic mass is 10.1. The van der Waals surface area contributed by atoms with Crippen molar-refractivity contribution in [3.05, 3.63) is 66.2 Å². The number of nitrogens with zero attached hydrogens (tertiary/aromatic N) is 3. The first-order valence-electron chi connectivity index (χ1n) is 8.56. The summed E-state index contributed by atoms with van der Waals surface area (Å²) >= 11 is 0. The minimum atomic E-state index is -0.683. The molecule has 2 aromatic carbocycles. The molecule has 0 fully saturated rings. The predicted octanol–water partition coefficient (Wildman–Crippen LogP) is 4.14. The number of hydrogen-bond donors (Lipinski definition) is 2. The summed E-state index contributed by atoms with van der Waals surface area (Å²) in [6, 6.07) is 14.7. The van der Waals surface area contributed by atoms with E-state index in [-0.39, 0.29) is 5.69 Å². The molecule has 0 radical (unpaired) electrons. The zero-order valence-corrected chi connectivity index (χ0v) is 15.2. The van der Waals surface area contributed by atoms with Crippen LogP contribution in [0.3, 0.4) is 0 Å². The van der Waals surface area contributed by atoms with Gasteiger partial charge < -0.3 is 15.5 Å². The van der Waals surface area contributed by atoms with E-state index in [1.165, 1.54) is 12.1 Å². The Kier molecular flexibility index (Phi) is 5.93. The van der Waals surface area contributed by atoms with Gasteiger partial charge in [-0.25, -0.2) is 13.8 Å². The lowest BCUT2D eigenvalue weighted by Crippen LogP contribution is -2.21. The molecule has 1 heterocycles. The average Bonchev–Trinajstić information content (AvgIpc) is 2.64. The van der Waals surface area contributed by atoms with Gasteiger partial charge in [0, 0.05) is 30.8 Å². The Bertz CT molecular complexity index is 900. The molecule has 5 nitrogen and oxygen atoms in total. The number of likely N-dealkylation sites (N-methyl/N-ethyl adjacent to an activating group) is 1. The first-order chi connectivity index (χ1) is 13.0. The summed E-state index contributed by atoms with van der Waals surface area (Å²) in [4.78, 5) is 11.0. The molecule has 0 spiro atoms. The number of hydrogen-bond acceptors (Lipinski definition) is 5. The molecular weight excluding hydrogens is 348 g/mol. The Morgan fingerprint density at radius 3 is 2.44 bits per heavy atom. The van der Waals surface area contributed by atoms with E-state index in [4.69, 9.17) is 0 Å². The molecular formula is C20H21F2N5. The van der Waals surface area contributed by atoms with Crippen molar-refractivity contribution < 1.29 is 8.78 Å². The molecule has 0 saturated carbocycles. The molecule has 0 aliphatic carbocycles. The van der Waals surface area contributed by atoms with Crippen molar-refractivity contribution in [1.29, 1.82) is 0 Å². The van der Waals surface area contributed by atoms with Gasteiger partial charge in [0.1, 0.15) is 17.5 Å². The van der Waals surface area contributed by atoms with E-state index in [9.17, 15) is 8.78 Å². The maximum atomic E-state index is 14.0. The maximum Gasteiger partial charge on any atom is 0.225 e. The lowest BCUT2D eigenvalue weighted by molar-refractivity contribution is 0.425. The Balaban J connectivity index is 1.91. The molecule has 3 rings (SSSR count). The Morgan fingerprint density at radius 1 is 0.963 bits per heavy atom. The van der Waals surface area contributed by atoms with Crippen molar-refractivity contribution in [3.8, 4) is 11.3 Å². The molecule has 2 N–H and O–H groups in total. The van der Waals surface area contributed by atoms with Gasteiger partial charge >= 0.3 is 0 Å². The van der Waals surface area contributed by atoms with Crippen LogP contribution < -0.4 is 10.6 Å². The summed E-state index contributed by atoms with van der Waals surface area (Å²) in [5.74, 6) is -0.460. The molecule has 27 heavy (non-hydrogen) atoms. The smallest absolute Gasteiger partial charge is 0.225 e. The largest absolute Gasteiger partial charge is 0.353 e. The van der Waals surface area contributed by atoms with Crippen molar-refractivity contribution in [2.24, 2.45) is 0 Å². The van der Waals surface area contributed by atoms with Gasteiger partial charge in [-0.05, 0) is 26.2 Å². The van der Waals surface area contributed by atoms with Gasteiger partial charge in [-0.1, -0.05) is 30.3 Å². The van der Waals surface area contributed by atoms with E-state index >= 15 is 0 Å². The van der Waals surface area contributed by atoms with Crippen LogP contribution in [-0.2, 0) is 0 Å². The molecule has 0 saturated heterocycles. The van der Waals surface area contributed by atoms with E-state index in [0.717, 1.165) is 18.2 Å². The average molecular weight is 369 g/mol. The van der Waals surface area contributed by atoms with Crippen LogP contribution in [0.2, 0.25) is 0 Å². The van der Waals surface area contributed by atoms with E-state index in [0.29, 0.717) is 24.0 Å². The molecule has 1 aromatic heterocycles. The lowest BCUT2D eigenvalue weighted by Gasteiger charge is -2.13. The van der Waals surface area contributed by atoms with Crippen molar-refractivity contribution >= 4 is 17.5 Å². The highest BCUT2D eigenvalue weighted by molar-refractivity contribution is 5.67. The molecule has 0 aliphatic rings. The molecule has 0 aliphatic heterocycles. The van der Waals surface area contributed by atoms with Crippen molar-refractivity contribution in [1.82, 2.24) is 14.9 Å². The van der Waals surface area contributed by atoms with Crippen LogP contribution >= 0.6 is 0 Å². The third-order valence-corrected chi connectivity index (χ3v) is 3.83. The Labute approximate surface area is 157 Å². The van der Waals surface area contributed by atoms with Gasteiger partial charge in [-0.2, -0.15) is 4.98 Å². The monoisotopic (exact) mass is 369 g/mol. The third-order valence-electron chi connectivity index (χ3n) is 3.83. The van der Waals surface area contributed by atoms with E-state index < -0.39 is 11.6 Å². The standard InChI is InChI=1S/C20H21F2N5/c1-27(2)11-10-23-20-25-18(14-6-4-3-5-7-14)13-19(26-20)24-17-9-8-15(21)12-16(17)22/h3-9,12-13H,10-11H2,1-2H3,(H2,23,24,25,26). The SMILES string of the molecule is CN(C)CCNc1nc(Nc2ccc(F)cc2F)cc(-c2ccccc2)n1. The van der Waals surface area contributed by atoms with E-state index in [1.807, 2.05) is 49.3 Å². The van der Waals surface area contributed by atoms with Crippen LogP contribution in [0.4, 0.5) is 26.2 Å². The summed E-state index contributed by atoms with van der Waals surface area (Å²) in [6.07, 6.45) is 0. The van der Waals surface area contributed by atoms with Gasteiger partial charge in [0.2, 0.25) is 5.95 Å². The molecule has 0 atom stereocenters. The Hall–Kier alpha value is -3.06. The molecule has 140 valence electrons. The molecule has 7 heteroatoms. The van der Waals surface area contributed by atoms with Crippen LogP contribution in [0, 0.1) is 11.6 Å². The van der Waals surface area contributed by atoms with Gasteiger partial charge in [0.25, 0.3) is 0 Å². The number of rotatable bonds is 7. The van der Waals surface area contributed by atoms with Crippen LogP contribution in [0.15, 0.2) is 54.6 Å². The highest BCUT2D eigenvalue weighted by Crippen LogP contribution is 2.25. The highest BCUT2D eigenvalue weighted by atomic mass is 19.1. The second kappa shape index (κ2) is 8.55. The fourth-order valence-electron chi connectivity index (χ4n) is 2.47. The minimum absolute atomic E-state index is 0.147. The zero-order valence-electron chi connectivity index (χ0n) is 15.2. The zero-order chi connectivity index (χ0) is 19.2. The number of benzene rings is 2. The minimum Gasteiger partial charge on any atom is -0.353 e. The van der Waals surface area contributed by atoms with Gasteiger partial charge in [0.15, 0.2) is 0 Å². The Morgan fingerprint density at radius 2 is 1.74 bits per heavy atom. The second-order valence-electron chi connectivity index (χ2n) is 6.31. The molecule has 0 amide bonds. The molecule has 0 unspecified atom stereocenters. The van der Waals surface area contributed by atoms with Crippen molar-refractivity contribution in [2.75, 3.05) is 37.8 Å².